The van der Waals surface area contributed by atoms with E-state index in [4.69, 9.17) is 4.74 Å². The summed E-state index contributed by atoms with van der Waals surface area (Å²) >= 11 is 0. The Morgan fingerprint density at radius 3 is 2.20 bits per heavy atom. The Morgan fingerprint density at radius 1 is 0.800 bits per heavy atom. The summed E-state index contributed by atoms with van der Waals surface area (Å²) in [6, 6.07) is 27.3. The lowest BCUT2D eigenvalue weighted by Crippen LogP contribution is -1.84. The predicted molar refractivity (Wildman–Crippen MR) is 82.0 cm³/mol. The molecule has 0 bridgehead atoms. The summed E-state index contributed by atoms with van der Waals surface area (Å²) in [6.07, 6.45) is 0. The highest BCUT2D eigenvalue weighted by Crippen LogP contribution is 2.25. The third-order valence-corrected chi connectivity index (χ3v) is 3.10. The fourth-order valence-corrected chi connectivity index (χ4v) is 2.07. The summed E-state index contributed by atoms with van der Waals surface area (Å²) in [5.74, 6) is 1.69. The van der Waals surface area contributed by atoms with Crippen LogP contribution in [0.4, 0.5) is 0 Å². The molecule has 3 rings (SSSR count). The van der Waals surface area contributed by atoms with Gasteiger partial charge in [-0.1, -0.05) is 54.1 Å². The number of ether oxygens (including phenoxy) is 1. The van der Waals surface area contributed by atoms with E-state index in [2.05, 4.69) is 37.3 Å². The normalized spacial score (nSPS) is 10.2. The van der Waals surface area contributed by atoms with Crippen LogP contribution in [0.1, 0.15) is 5.56 Å². The Bertz CT molecular complexity index is 684. The van der Waals surface area contributed by atoms with Gasteiger partial charge in [0.15, 0.2) is 0 Å². The van der Waals surface area contributed by atoms with Crippen molar-refractivity contribution in [1.82, 2.24) is 0 Å². The van der Waals surface area contributed by atoms with Gasteiger partial charge in [0, 0.05) is 0 Å². The zero-order valence-electron chi connectivity index (χ0n) is 11.3. The van der Waals surface area contributed by atoms with Crippen molar-refractivity contribution in [2.24, 2.45) is 0 Å². The van der Waals surface area contributed by atoms with E-state index >= 15 is 0 Å². The summed E-state index contributed by atoms with van der Waals surface area (Å²) in [7, 11) is 0. The molecule has 0 aliphatic heterocycles. The maximum atomic E-state index is 5.78. The molecule has 1 radical (unpaired) electrons. The predicted octanol–water partition coefficient (Wildman–Crippen LogP) is 5.25. The van der Waals surface area contributed by atoms with Crippen molar-refractivity contribution >= 4 is 0 Å². The molecule has 1 nitrogen and oxygen atoms in total. The van der Waals surface area contributed by atoms with Gasteiger partial charge in [0.25, 0.3) is 0 Å². The molecular weight excluding hydrogens is 244 g/mol. The highest BCUT2D eigenvalue weighted by molar-refractivity contribution is 5.64. The van der Waals surface area contributed by atoms with Crippen LogP contribution in [-0.4, -0.2) is 0 Å². The molecule has 97 valence electrons. The molecule has 0 atom stereocenters. The van der Waals surface area contributed by atoms with Gasteiger partial charge in [-0.2, -0.15) is 0 Å². The standard InChI is InChI=1S/C19H15O/c1-15-6-5-7-17(14-15)16-10-12-19(13-11-16)20-18-8-3-2-4-9-18/h2-6,8-14H,1H3. The lowest BCUT2D eigenvalue weighted by Gasteiger charge is -2.07. The first kappa shape index (κ1) is 12.5. The molecule has 0 spiro atoms. The Kier molecular flexibility index (Phi) is 3.51. The smallest absolute Gasteiger partial charge is 0.127 e. The minimum atomic E-state index is 0.840. The molecule has 0 aliphatic carbocycles. The fourth-order valence-electron chi connectivity index (χ4n) is 2.07. The van der Waals surface area contributed by atoms with Gasteiger partial charge in [0.2, 0.25) is 0 Å². The molecule has 0 heterocycles. The van der Waals surface area contributed by atoms with Gasteiger partial charge in [0.1, 0.15) is 11.5 Å². The highest BCUT2D eigenvalue weighted by Gasteiger charge is 2.00. The van der Waals surface area contributed by atoms with Gasteiger partial charge in [0.05, 0.1) is 0 Å². The molecule has 0 unspecified atom stereocenters. The average Bonchev–Trinajstić information content (AvgIpc) is 2.49. The molecule has 0 N–H and O–H groups in total. The second-order valence-electron chi connectivity index (χ2n) is 4.72. The van der Waals surface area contributed by atoms with Gasteiger partial charge in [-0.3, -0.25) is 0 Å². The third kappa shape index (κ3) is 2.89. The van der Waals surface area contributed by atoms with Gasteiger partial charge in [-0.25, -0.2) is 0 Å². The quantitative estimate of drug-likeness (QED) is 0.623. The maximum absolute atomic E-state index is 5.78. The number of hydrogen-bond donors (Lipinski definition) is 0. The molecule has 3 aromatic carbocycles. The van der Waals surface area contributed by atoms with Crippen LogP contribution in [0.5, 0.6) is 11.5 Å². The van der Waals surface area contributed by atoms with Crippen LogP contribution in [0.25, 0.3) is 11.1 Å². The molecule has 0 fully saturated rings. The molecule has 0 aromatic heterocycles. The Labute approximate surface area is 119 Å². The van der Waals surface area contributed by atoms with Crippen molar-refractivity contribution in [1.29, 1.82) is 0 Å². The van der Waals surface area contributed by atoms with Crippen LogP contribution in [0.2, 0.25) is 0 Å². The van der Waals surface area contributed by atoms with Crippen molar-refractivity contribution in [3.8, 4) is 22.6 Å². The topological polar surface area (TPSA) is 9.23 Å². The van der Waals surface area contributed by atoms with Crippen LogP contribution in [0.3, 0.4) is 0 Å². The second-order valence-corrected chi connectivity index (χ2v) is 4.72. The van der Waals surface area contributed by atoms with E-state index in [1.165, 1.54) is 5.56 Å². The summed E-state index contributed by atoms with van der Waals surface area (Å²) in [6.45, 7) is 2.09. The zero-order valence-corrected chi connectivity index (χ0v) is 11.3. The molecular formula is C19H15O. The number of benzene rings is 3. The van der Waals surface area contributed by atoms with Crippen molar-refractivity contribution in [3.05, 3.63) is 84.4 Å². The third-order valence-electron chi connectivity index (χ3n) is 3.10. The number of aryl methyl sites for hydroxylation is 1. The first-order valence-corrected chi connectivity index (χ1v) is 6.63. The van der Waals surface area contributed by atoms with Gasteiger partial charge >= 0.3 is 0 Å². The van der Waals surface area contributed by atoms with Gasteiger partial charge in [-0.05, 0) is 48.4 Å². The number of hydrogen-bond acceptors (Lipinski definition) is 1. The summed E-state index contributed by atoms with van der Waals surface area (Å²) in [5.41, 5.74) is 3.49. The molecule has 0 aliphatic rings. The monoisotopic (exact) mass is 259 g/mol. The van der Waals surface area contributed by atoms with Crippen molar-refractivity contribution in [3.63, 3.8) is 0 Å². The van der Waals surface area contributed by atoms with Crippen LogP contribution in [-0.2, 0) is 0 Å². The summed E-state index contributed by atoms with van der Waals surface area (Å²) < 4.78 is 5.78. The molecule has 0 saturated carbocycles. The molecule has 0 saturated heterocycles. The lowest BCUT2D eigenvalue weighted by molar-refractivity contribution is 0.483. The van der Waals surface area contributed by atoms with E-state index < -0.39 is 0 Å². The van der Waals surface area contributed by atoms with Gasteiger partial charge in [-0.15, -0.1) is 0 Å². The Morgan fingerprint density at radius 2 is 1.50 bits per heavy atom. The molecule has 1 heteroatoms. The van der Waals surface area contributed by atoms with E-state index in [0.717, 1.165) is 22.6 Å². The molecule has 20 heavy (non-hydrogen) atoms. The number of para-hydroxylation sites is 1. The van der Waals surface area contributed by atoms with E-state index in [0.29, 0.717) is 0 Å². The lowest BCUT2D eigenvalue weighted by atomic mass is 10.0. The first-order chi connectivity index (χ1) is 9.81. The van der Waals surface area contributed by atoms with E-state index in [1.807, 2.05) is 48.5 Å². The van der Waals surface area contributed by atoms with Crippen LogP contribution < -0.4 is 4.74 Å². The SMILES string of the molecule is Cc1cc[c]c(-c2ccc(Oc3ccccc3)cc2)c1. The highest BCUT2D eigenvalue weighted by atomic mass is 16.5. The zero-order chi connectivity index (χ0) is 13.8. The minimum Gasteiger partial charge on any atom is -0.457 e. The molecule has 3 aromatic rings. The number of rotatable bonds is 3. The average molecular weight is 259 g/mol. The van der Waals surface area contributed by atoms with Crippen molar-refractivity contribution < 1.29 is 4.74 Å². The van der Waals surface area contributed by atoms with E-state index in [1.54, 1.807) is 0 Å². The van der Waals surface area contributed by atoms with Gasteiger partial charge < -0.3 is 4.74 Å². The van der Waals surface area contributed by atoms with Crippen LogP contribution in [0.15, 0.2) is 72.8 Å². The first-order valence-electron chi connectivity index (χ1n) is 6.63. The van der Waals surface area contributed by atoms with E-state index in [-0.39, 0.29) is 0 Å². The Hall–Kier alpha value is -2.54. The van der Waals surface area contributed by atoms with Crippen molar-refractivity contribution in [2.75, 3.05) is 0 Å². The van der Waals surface area contributed by atoms with E-state index in [9.17, 15) is 0 Å². The fraction of sp³-hybridized carbons (Fsp3) is 0.0526. The summed E-state index contributed by atoms with van der Waals surface area (Å²) in [5, 5.41) is 0. The minimum absolute atomic E-state index is 0.840. The summed E-state index contributed by atoms with van der Waals surface area (Å²) in [4.78, 5) is 0. The molecule has 0 amide bonds. The Balaban J connectivity index is 1.81. The maximum Gasteiger partial charge on any atom is 0.127 e. The largest absolute Gasteiger partial charge is 0.457 e. The second kappa shape index (κ2) is 5.62. The van der Waals surface area contributed by atoms with Crippen LogP contribution in [0, 0.1) is 13.0 Å². The van der Waals surface area contributed by atoms with Crippen molar-refractivity contribution in [2.45, 2.75) is 6.92 Å². The van der Waals surface area contributed by atoms with Crippen LogP contribution >= 0.6 is 0 Å².